The van der Waals surface area contributed by atoms with Gasteiger partial charge in [-0.25, -0.2) is 9.97 Å². The highest BCUT2D eigenvalue weighted by Crippen LogP contribution is 2.29. The van der Waals surface area contributed by atoms with Crippen molar-refractivity contribution in [3.8, 4) is 0 Å². The van der Waals surface area contributed by atoms with Crippen molar-refractivity contribution in [2.45, 2.75) is 19.5 Å². The molecular formula is C18H13ClF3N3OS. The van der Waals surface area contributed by atoms with Gasteiger partial charge in [-0.1, -0.05) is 29.8 Å². The number of thiazole rings is 1. The Hall–Kier alpha value is -2.45. The Labute approximate surface area is 162 Å². The van der Waals surface area contributed by atoms with E-state index in [0.29, 0.717) is 16.6 Å². The van der Waals surface area contributed by atoms with E-state index in [9.17, 15) is 18.0 Å². The number of carbonyl (C=O) groups excluding carboxylic acids is 1. The second kappa shape index (κ2) is 7.66. The molecule has 1 N–H and O–H groups in total. The number of amides is 1. The summed E-state index contributed by atoms with van der Waals surface area (Å²) in [5, 5.41) is 3.58. The molecule has 4 nitrogen and oxygen atoms in total. The van der Waals surface area contributed by atoms with Crippen LogP contribution < -0.4 is 5.32 Å². The monoisotopic (exact) mass is 411 g/mol. The number of anilines is 1. The number of pyridine rings is 1. The predicted octanol–water partition coefficient (Wildman–Crippen LogP) is 5.36. The minimum absolute atomic E-state index is 0.00447. The lowest BCUT2D eigenvalue weighted by Gasteiger charge is -2.09. The van der Waals surface area contributed by atoms with Gasteiger partial charge in [-0.05, 0) is 30.7 Å². The first-order valence-electron chi connectivity index (χ1n) is 7.78. The molecule has 1 aromatic carbocycles. The van der Waals surface area contributed by atoms with E-state index in [4.69, 9.17) is 11.6 Å². The molecule has 0 spiro atoms. The van der Waals surface area contributed by atoms with E-state index < -0.39 is 17.8 Å². The lowest BCUT2D eigenvalue weighted by atomic mass is 10.1. The fraction of sp³-hybridized carbons (Fsp3) is 0.167. The number of hydrogen-bond donors (Lipinski definition) is 1. The van der Waals surface area contributed by atoms with Gasteiger partial charge in [-0.15, -0.1) is 11.3 Å². The summed E-state index contributed by atoms with van der Waals surface area (Å²) in [6.45, 7) is 1.36. The second-order valence-electron chi connectivity index (χ2n) is 5.68. The lowest BCUT2D eigenvalue weighted by molar-refractivity contribution is -0.141. The Morgan fingerprint density at radius 1 is 1.22 bits per heavy atom. The molecule has 2 heterocycles. The Morgan fingerprint density at radius 3 is 2.63 bits per heavy atom. The van der Waals surface area contributed by atoms with Gasteiger partial charge in [0.15, 0.2) is 5.13 Å². The molecule has 140 valence electrons. The molecule has 0 radical (unpaired) electrons. The third-order valence-corrected chi connectivity index (χ3v) is 5.00. The van der Waals surface area contributed by atoms with E-state index in [1.165, 1.54) is 18.3 Å². The van der Waals surface area contributed by atoms with Crippen molar-refractivity contribution < 1.29 is 18.0 Å². The van der Waals surface area contributed by atoms with Gasteiger partial charge in [-0.2, -0.15) is 13.2 Å². The number of halogens is 4. The number of rotatable bonds is 4. The van der Waals surface area contributed by atoms with Gasteiger partial charge in [-0.3, -0.25) is 10.1 Å². The first-order valence-corrected chi connectivity index (χ1v) is 8.98. The average Bonchev–Trinajstić information content (AvgIpc) is 3.03. The van der Waals surface area contributed by atoms with Gasteiger partial charge < -0.3 is 0 Å². The number of aryl methyl sites for hydroxylation is 1. The number of hydrogen-bond acceptors (Lipinski definition) is 4. The summed E-state index contributed by atoms with van der Waals surface area (Å²) in [7, 11) is 0. The third-order valence-electron chi connectivity index (χ3n) is 3.72. The first-order chi connectivity index (χ1) is 12.7. The van der Waals surface area contributed by atoms with Gasteiger partial charge in [0.25, 0.3) is 5.91 Å². The van der Waals surface area contributed by atoms with Crippen LogP contribution in [0.25, 0.3) is 0 Å². The van der Waals surface area contributed by atoms with Crippen LogP contribution in [0.5, 0.6) is 0 Å². The van der Waals surface area contributed by atoms with Crippen LogP contribution in [0, 0.1) is 6.92 Å². The minimum atomic E-state index is -4.55. The van der Waals surface area contributed by atoms with Crippen LogP contribution in [0.4, 0.5) is 18.3 Å². The highest BCUT2D eigenvalue weighted by Gasteiger charge is 2.33. The van der Waals surface area contributed by atoms with Crippen molar-refractivity contribution in [2.75, 3.05) is 5.32 Å². The molecule has 27 heavy (non-hydrogen) atoms. The summed E-state index contributed by atoms with van der Waals surface area (Å²) >= 11 is 7.41. The van der Waals surface area contributed by atoms with E-state index in [0.717, 1.165) is 22.6 Å². The van der Waals surface area contributed by atoms with Crippen molar-refractivity contribution in [1.29, 1.82) is 0 Å². The maximum absolute atomic E-state index is 12.7. The quantitative estimate of drug-likeness (QED) is 0.628. The van der Waals surface area contributed by atoms with Crippen molar-refractivity contribution in [1.82, 2.24) is 9.97 Å². The van der Waals surface area contributed by atoms with Crippen molar-refractivity contribution in [3.05, 3.63) is 75.0 Å². The van der Waals surface area contributed by atoms with Crippen LogP contribution in [0.2, 0.25) is 5.02 Å². The van der Waals surface area contributed by atoms with Crippen LogP contribution >= 0.6 is 22.9 Å². The molecule has 0 aliphatic rings. The standard InChI is InChI=1S/C18H13ClF3N3OS/c1-10-13(6-7-15(24-10)18(20,21)22)16(26)25-17-23-9-12(27-17)8-11-4-2-3-5-14(11)19/h2-7,9H,8H2,1H3,(H,23,25,26). The fourth-order valence-electron chi connectivity index (χ4n) is 2.40. The SMILES string of the molecule is Cc1nc(C(F)(F)F)ccc1C(=O)Nc1ncc(Cc2ccccc2Cl)s1. The largest absolute Gasteiger partial charge is 0.433 e. The maximum atomic E-state index is 12.7. The zero-order chi connectivity index (χ0) is 19.6. The molecule has 0 saturated carbocycles. The fourth-order valence-corrected chi connectivity index (χ4v) is 3.43. The Morgan fingerprint density at radius 2 is 1.96 bits per heavy atom. The van der Waals surface area contributed by atoms with Gasteiger partial charge >= 0.3 is 6.18 Å². The number of alkyl halides is 3. The van der Waals surface area contributed by atoms with E-state index in [-0.39, 0.29) is 11.3 Å². The lowest BCUT2D eigenvalue weighted by Crippen LogP contribution is -2.16. The summed E-state index contributed by atoms with van der Waals surface area (Å²) in [4.78, 5) is 20.8. The Bertz CT molecular complexity index is 988. The summed E-state index contributed by atoms with van der Waals surface area (Å²) in [6.07, 6.45) is -2.36. The molecule has 0 saturated heterocycles. The normalized spacial score (nSPS) is 11.4. The summed E-state index contributed by atoms with van der Waals surface area (Å²) in [5.41, 5.74) is -0.0441. The maximum Gasteiger partial charge on any atom is 0.433 e. The van der Waals surface area contributed by atoms with Crippen molar-refractivity contribution >= 4 is 34.0 Å². The molecule has 0 atom stereocenters. The van der Waals surface area contributed by atoms with E-state index >= 15 is 0 Å². The third kappa shape index (κ3) is 4.64. The van der Waals surface area contributed by atoms with E-state index in [1.807, 2.05) is 18.2 Å². The van der Waals surface area contributed by atoms with Crippen LogP contribution in [0.15, 0.2) is 42.6 Å². The molecule has 3 rings (SSSR count). The molecule has 9 heteroatoms. The highest BCUT2D eigenvalue weighted by atomic mass is 35.5. The van der Waals surface area contributed by atoms with Crippen LogP contribution in [-0.2, 0) is 12.6 Å². The first kappa shape index (κ1) is 19.3. The van der Waals surface area contributed by atoms with Gasteiger partial charge in [0.05, 0.1) is 11.3 Å². The summed E-state index contributed by atoms with van der Waals surface area (Å²) in [6, 6.07) is 9.31. The van der Waals surface area contributed by atoms with Crippen LogP contribution in [0.3, 0.4) is 0 Å². The Kier molecular flexibility index (Phi) is 5.48. The zero-order valence-electron chi connectivity index (χ0n) is 14.0. The Balaban J connectivity index is 1.72. The number of nitrogens with zero attached hydrogens (tertiary/aromatic N) is 2. The molecule has 0 bridgehead atoms. The highest BCUT2D eigenvalue weighted by molar-refractivity contribution is 7.15. The molecule has 3 aromatic rings. The summed E-state index contributed by atoms with van der Waals surface area (Å²) in [5.74, 6) is -0.563. The predicted molar refractivity (Wildman–Crippen MR) is 98.3 cm³/mol. The van der Waals surface area contributed by atoms with Gasteiger partial charge in [0, 0.05) is 22.5 Å². The molecule has 0 aliphatic carbocycles. The van der Waals surface area contributed by atoms with Gasteiger partial charge in [0.2, 0.25) is 0 Å². The zero-order valence-corrected chi connectivity index (χ0v) is 15.5. The van der Waals surface area contributed by atoms with E-state index in [2.05, 4.69) is 15.3 Å². The second-order valence-corrected chi connectivity index (χ2v) is 7.20. The minimum Gasteiger partial charge on any atom is -0.298 e. The molecule has 0 unspecified atom stereocenters. The topological polar surface area (TPSA) is 54.9 Å². The van der Waals surface area contributed by atoms with E-state index in [1.54, 1.807) is 12.3 Å². The number of aromatic nitrogens is 2. The molecule has 1 amide bonds. The van der Waals surface area contributed by atoms with Crippen molar-refractivity contribution in [3.63, 3.8) is 0 Å². The molecular weight excluding hydrogens is 399 g/mol. The smallest absolute Gasteiger partial charge is 0.298 e. The van der Waals surface area contributed by atoms with Crippen molar-refractivity contribution in [2.24, 2.45) is 0 Å². The molecule has 0 aliphatic heterocycles. The van der Waals surface area contributed by atoms with Gasteiger partial charge in [0.1, 0.15) is 5.69 Å². The van der Waals surface area contributed by atoms with Crippen LogP contribution in [0.1, 0.15) is 32.2 Å². The van der Waals surface area contributed by atoms with Crippen LogP contribution in [-0.4, -0.2) is 15.9 Å². The number of benzene rings is 1. The number of carbonyl (C=O) groups is 1. The molecule has 0 fully saturated rings. The summed E-state index contributed by atoms with van der Waals surface area (Å²) < 4.78 is 38.0. The molecule has 2 aromatic heterocycles. The average molecular weight is 412 g/mol. The number of nitrogens with one attached hydrogen (secondary N) is 1.